The van der Waals surface area contributed by atoms with Crippen LogP contribution < -0.4 is 0 Å². The molecule has 0 saturated heterocycles. The number of hydrogen-bond donors (Lipinski definition) is 3. The van der Waals surface area contributed by atoms with Gasteiger partial charge < -0.3 is 14.7 Å². The van der Waals surface area contributed by atoms with Crippen LogP contribution in [0.15, 0.2) is 18.2 Å². The SMILES string of the molecule is CCc1cc(C)ccc1C(CC)(CC)CC.O=P(O)(O)O. The third kappa shape index (κ3) is 6.75. The van der Waals surface area contributed by atoms with Crippen LogP contribution in [0.2, 0.25) is 0 Å². The van der Waals surface area contributed by atoms with Crippen LogP contribution in [-0.2, 0) is 16.4 Å². The average Bonchev–Trinajstić information content (AvgIpc) is 2.40. The van der Waals surface area contributed by atoms with Crippen molar-refractivity contribution in [3.05, 3.63) is 34.9 Å². The van der Waals surface area contributed by atoms with Crippen LogP contribution in [0.5, 0.6) is 0 Å². The second-order valence-electron chi connectivity index (χ2n) is 5.37. The van der Waals surface area contributed by atoms with E-state index < -0.39 is 7.82 Å². The highest BCUT2D eigenvalue weighted by atomic mass is 31.2. The van der Waals surface area contributed by atoms with Crippen molar-refractivity contribution in [3.8, 4) is 0 Å². The van der Waals surface area contributed by atoms with Gasteiger partial charge in [0.25, 0.3) is 0 Å². The summed E-state index contributed by atoms with van der Waals surface area (Å²) in [4.78, 5) is 21.6. The lowest BCUT2D eigenvalue weighted by molar-refractivity contribution is 0.275. The first-order chi connectivity index (χ1) is 9.63. The van der Waals surface area contributed by atoms with Crippen LogP contribution in [0.25, 0.3) is 0 Å². The van der Waals surface area contributed by atoms with Crippen molar-refractivity contribution in [3.63, 3.8) is 0 Å². The molecule has 0 unspecified atom stereocenters. The van der Waals surface area contributed by atoms with E-state index in [2.05, 4.69) is 52.8 Å². The highest BCUT2D eigenvalue weighted by molar-refractivity contribution is 7.45. The molecule has 0 heterocycles. The molecule has 1 aromatic carbocycles. The third-order valence-corrected chi connectivity index (χ3v) is 4.24. The Hall–Kier alpha value is -0.670. The molecule has 5 heteroatoms. The van der Waals surface area contributed by atoms with Crippen molar-refractivity contribution in [2.75, 3.05) is 0 Å². The van der Waals surface area contributed by atoms with Crippen LogP contribution >= 0.6 is 7.82 Å². The lowest BCUT2D eigenvalue weighted by atomic mass is 9.71. The van der Waals surface area contributed by atoms with E-state index in [0.29, 0.717) is 5.41 Å². The number of benzene rings is 1. The van der Waals surface area contributed by atoms with E-state index in [4.69, 9.17) is 19.2 Å². The smallest absolute Gasteiger partial charge is 0.303 e. The van der Waals surface area contributed by atoms with Crippen molar-refractivity contribution < 1.29 is 19.2 Å². The van der Waals surface area contributed by atoms with Gasteiger partial charge in [-0.25, -0.2) is 4.57 Å². The molecule has 122 valence electrons. The van der Waals surface area contributed by atoms with E-state index in [9.17, 15) is 0 Å². The van der Waals surface area contributed by atoms with Crippen LogP contribution in [-0.4, -0.2) is 14.7 Å². The molecule has 0 aromatic heterocycles. The van der Waals surface area contributed by atoms with Gasteiger partial charge in [0.1, 0.15) is 0 Å². The van der Waals surface area contributed by atoms with Gasteiger partial charge in [-0.05, 0) is 49.1 Å². The summed E-state index contributed by atoms with van der Waals surface area (Å²) in [6, 6.07) is 7.00. The first-order valence-corrected chi connectivity index (χ1v) is 9.08. The molecular weight excluding hydrogens is 287 g/mol. The lowest BCUT2D eigenvalue weighted by Gasteiger charge is -2.33. The predicted octanol–water partition coefficient (Wildman–Crippen LogP) is 4.10. The molecule has 1 aromatic rings. The standard InChI is InChI=1S/C16H26.H3O4P/c1-6-14-12-13(5)10-11-15(14)16(7-2,8-3)9-4;1-5(2,3)4/h10-12H,6-9H2,1-5H3;(H3,1,2,3,4). The van der Waals surface area contributed by atoms with Crippen molar-refractivity contribution in [2.24, 2.45) is 0 Å². The van der Waals surface area contributed by atoms with Crippen LogP contribution in [0.4, 0.5) is 0 Å². The van der Waals surface area contributed by atoms with E-state index in [1.165, 1.54) is 24.8 Å². The highest BCUT2D eigenvalue weighted by Gasteiger charge is 2.27. The fourth-order valence-corrected chi connectivity index (χ4v) is 2.85. The zero-order chi connectivity index (χ0) is 16.7. The van der Waals surface area contributed by atoms with Gasteiger partial charge in [-0.3, -0.25) is 0 Å². The summed E-state index contributed by atoms with van der Waals surface area (Å²) in [7, 11) is -4.64. The molecule has 0 atom stereocenters. The van der Waals surface area contributed by atoms with Crippen molar-refractivity contribution in [1.29, 1.82) is 0 Å². The van der Waals surface area contributed by atoms with Gasteiger partial charge in [0, 0.05) is 0 Å². The maximum Gasteiger partial charge on any atom is 0.466 e. The number of hydrogen-bond acceptors (Lipinski definition) is 1. The fourth-order valence-electron chi connectivity index (χ4n) is 2.85. The van der Waals surface area contributed by atoms with Gasteiger partial charge in [-0.2, -0.15) is 0 Å². The minimum atomic E-state index is -4.64. The van der Waals surface area contributed by atoms with Crippen molar-refractivity contribution in [1.82, 2.24) is 0 Å². The van der Waals surface area contributed by atoms with E-state index >= 15 is 0 Å². The summed E-state index contributed by atoms with van der Waals surface area (Å²) >= 11 is 0. The average molecular weight is 316 g/mol. The van der Waals surface area contributed by atoms with E-state index in [1.54, 1.807) is 11.1 Å². The number of aryl methyl sites for hydroxylation is 2. The summed E-state index contributed by atoms with van der Waals surface area (Å²) in [6.07, 6.45) is 4.89. The summed E-state index contributed by atoms with van der Waals surface area (Å²) in [6.45, 7) is 11.4. The van der Waals surface area contributed by atoms with Gasteiger partial charge in [0.15, 0.2) is 0 Å². The topological polar surface area (TPSA) is 77.8 Å². The Morgan fingerprint density at radius 1 is 1.00 bits per heavy atom. The molecule has 0 amide bonds. The van der Waals surface area contributed by atoms with Crippen LogP contribution in [0.3, 0.4) is 0 Å². The molecule has 21 heavy (non-hydrogen) atoms. The zero-order valence-electron chi connectivity index (χ0n) is 13.8. The third-order valence-electron chi connectivity index (χ3n) is 4.24. The monoisotopic (exact) mass is 316 g/mol. The lowest BCUT2D eigenvalue weighted by Crippen LogP contribution is -2.25. The van der Waals surface area contributed by atoms with Gasteiger partial charge in [-0.15, -0.1) is 0 Å². The molecule has 1 rings (SSSR count). The predicted molar refractivity (Wildman–Crippen MR) is 87.4 cm³/mol. The summed E-state index contributed by atoms with van der Waals surface area (Å²) in [5, 5.41) is 0. The molecule has 0 bridgehead atoms. The molecule has 3 N–H and O–H groups in total. The Morgan fingerprint density at radius 3 is 1.76 bits per heavy atom. The summed E-state index contributed by atoms with van der Waals surface area (Å²) < 4.78 is 8.88. The zero-order valence-corrected chi connectivity index (χ0v) is 14.7. The van der Waals surface area contributed by atoms with Gasteiger partial charge in [0.2, 0.25) is 0 Å². The number of rotatable bonds is 5. The van der Waals surface area contributed by atoms with Gasteiger partial charge >= 0.3 is 7.82 Å². The Kier molecular flexibility index (Phi) is 8.42. The molecule has 0 fully saturated rings. The molecule has 0 radical (unpaired) electrons. The van der Waals surface area contributed by atoms with Crippen LogP contribution in [0, 0.1) is 6.92 Å². The second-order valence-corrected chi connectivity index (χ2v) is 6.39. The maximum absolute atomic E-state index is 8.88. The largest absolute Gasteiger partial charge is 0.466 e. The van der Waals surface area contributed by atoms with Gasteiger partial charge in [-0.1, -0.05) is 51.5 Å². The summed E-state index contributed by atoms with van der Waals surface area (Å²) in [5.74, 6) is 0. The van der Waals surface area contributed by atoms with E-state index in [0.717, 1.165) is 6.42 Å². The van der Waals surface area contributed by atoms with Gasteiger partial charge in [0.05, 0.1) is 0 Å². The molecule has 0 saturated carbocycles. The van der Waals surface area contributed by atoms with E-state index in [1.807, 2.05) is 0 Å². The molecule has 0 aliphatic rings. The molecule has 4 nitrogen and oxygen atoms in total. The first kappa shape index (κ1) is 20.3. The van der Waals surface area contributed by atoms with Crippen molar-refractivity contribution in [2.45, 2.75) is 65.7 Å². The quantitative estimate of drug-likeness (QED) is 0.715. The Balaban J connectivity index is 0.000000690. The fraction of sp³-hybridized carbons (Fsp3) is 0.625. The summed E-state index contributed by atoms with van der Waals surface area (Å²) in [5.41, 5.74) is 4.93. The highest BCUT2D eigenvalue weighted by Crippen LogP contribution is 2.37. The van der Waals surface area contributed by atoms with Crippen LogP contribution in [0.1, 0.15) is 63.6 Å². The molecular formula is C16H29O4P. The Labute approximate surface area is 128 Å². The second kappa shape index (κ2) is 8.70. The molecule has 0 aliphatic carbocycles. The minimum Gasteiger partial charge on any atom is -0.303 e. The Morgan fingerprint density at radius 2 is 1.43 bits per heavy atom. The maximum atomic E-state index is 8.88. The molecule has 0 spiro atoms. The van der Waals surface area contributed by atoms with E-state index in [-0.39, 0.29) is 0 Å². The number of phosphoric acid groups is 1. The molecule has 0 aliphatic heterocycles. The Bertz CT molecular complexity index is 459. The normalized spacial score (nSPS) is 11.8. The first-order valence-electron chi connectivity index (χ1n) is 7.51. The minimum absolute atomic E-state index is 0.402. The van der Waals surface area contributed by atoms with Crippen molar-refractivity contribution >= 4 is 7.82 Å².